The molecule has 1 aliphatic rings. The minimum Gasteiger partial charge on any atom is -0.368 e. The Bertz CT molecular complexity index is 1020. The van der Waals surface area contributed by atoms with Crippen LogP contribution in [0.1, 0.15) is 22.6 Å². The summed E-state index contributed by atoms with van der Waals surface area (Å²) in [6.45, 7) is 0. The van der Waals surface area contributed by atoms with Crippen LogP contribution < -0.4 is 11.1 Å². The van der Waals surface area contributed by atoms with Crippen LogP contribution >= 0.6 is 15.9 Å². The first-order valence-electron chi connectivity index (χ1n) is 9.07. The summed E-state index contributed by atoms with van der Waals surface area (Å²) in [5, 5.41) is 2.88. The molecule has 3 aromatic carbocycles. The van der Waals surface area contributed by atoms with E-state index in [1.807, 2.05) is 72.8 Å². The molecular formula is C23H19BrN2O2. The van der Waals surface area contributed by atoms with Crippen molar-refractivity contribution in [3.05, 3.63) is 94.0 Å². The van der Waals surface area contributed by atoms with Crippen molar-refractivity contribution in [3.63, 3.8) is 0 Å². The lowest BCUT2D eigenvalue weighted by atomic mass is 9.95. The van der Waals surface area contributed by atoms with E-state index >= 15 is 0 Å². The molecule has 0 saturated carbocycles. The summed E-state index contributed by atoms with van der Waals surface area (Å²) in [5.41, 5.74) is 10.5. The van der Waals surface area contributed by atoms with Crippen LogP contribution in [-0.4, -0.2) is 17.9 Å². The quantitative estimate of drug-likeness (QED) is 0.641. The van der Waals surface area contributed by atoms with Crippen molar-refractivity contribution in [3.8, 4) is 11.1 Å². The molecule has 3 aromatic rings. The first-order chi connectivity index (χ1) is 13.6. The van der Waals surface area contributed by atoms with Crippen LogP contribution in [0.3, 0.4) is 0 Å². The third-order valence-electron chi connectivity index (χ3n) is 5.14. The summed E-state index contributed by atoms with van der Waals surface area (Å²) < 4.78 is 0.882. The Balaban J connectivity index is 1.63. The molecule has 0 aliphatic heterocycles. The zero-order chi connectivity index (χ0) is 19.7. The average Bonchev–Trinajstić information content (AvgIpc) is 3.03. The predicted octanol–water partition coefficient (Wildman–Crippen LogP) is 3.77. The van der Waals surface area contributed by atoms with Crippen LogP contribution in [0.15, 0.2) is 77.3 Å². The van der Waals surface area contributed by atoms with Gasteiger partial charge in [-0.2, -0.15) is 0 Å². The molecule has 4 nitrogen and oxygen atoms in total. The van der Waals surface area contributed by atoms with Gasteiger partial charge in [0.1, 0.15) is 6.04 Å². The number of halogens is 1. The molecule has 0 saturated heterocycles. The van der Waals surface area contributed by atoms with E-state index in [1.165, 1.54) is 0 Å². The van der Waals surface area contributed by atoms with E-state index in [1.54, 1.807) is 0 Å². The number of benzene rings is 3. The molecule has 4 rings (SSSR count). The lowest BCUT2D eigenvalue weighted by molar-refractivity contribution is -0.127. The monoisotopic (exact) mass is 434 g/mol. The highest BCUT2D eigenvalue weighted by Gasteiger charge is 2.35. The topological polar surface area (TPSA) is 72.2 Å². The predicted molar refractivity (Wildman–Crippen MR) is 113 cm³/mol. The van der Waals surface area contributed by atoms with Crippen LogP contribution in [0, 0.1) is 0 Å². The minimum atomic E-state index is -0.786. The van der Waals surface area contributed by atoms with Gasteiger partial charge in [-0.3, -0.25) is 9.59 Å². The van der Waals surface area contributed by atoms with Crippen molar-refractivity contribution in [2.75, 3.05) is 0 Å². The Labute approximate surface area is 171 Å². The third kappa shape index (κ3) is 3.34. The Hall–Kier alpha value is -2.92. The van der Waals surface area contributed by atoms with Gasteiger partial charge in [0.15, 0.2) is 0 Å². The average molecular weight is 435 g/mol. The fraction of sp³-hybridized carbons (Fsp3) is 0.130. The molecule has 28 heavy (non-hydrogen) atoms. The van der Waals surface area contributed by atoms with E-state index in [-0.39, 0.29) is 5.91 Å². The Morgan fingerprint density at radius 3 is 2.00 bits per heavy atom. The number of hydrogen-bond acceptors (Lipinski definition) is 2. The number of carbonyl (C=O) groups is 2. The van der Waals surface area contributed by atoms with Crippen LogP contribution in [0.25, 0.3) is 11.1 Å². The summed E-state index contributed by atoms with van der Waals surface area (Å²) in [5.74, 6) is -1.22. The van der Waals surface area contributed by atoms with Gasteiger partial charge in [0.05, 0.1) is 5.92 Å². The maximum absolute atomic E-state index is 13.2. The minimum absolute atomic E-state index is 0.215. The molecule has 140 valence electrons. The molecule has 5 heteroatoms. The number of carbonyl (C=O) groups excluding carboxylic acids is 2. The van der Waals surface area contributed by atoms with Crippen molar-refractivity contribution in [2.45, 2.75) is 18.4 Å². The number of hydrogen-bond donors (Lipinski definition) is 2. The molecule has 0 fully saturated rings. The van der Waals surface area contributed by atoms with Crippen molar-refractivity contribution in [2.24, 2.45) is 5.73 Å². The van der Waals surface area contributed by atoms with E-state index < -0.39 is 17.9 Å². The van der Waals surface area contributed by atoms with Gasteiger partial charge in [0.2, 0.25) is 11.8 Å². The molecule has 0 aromatic heterocycles. The standard InChI is InChI=1S/C23H19BrN2O2/c24-19-12-6-1-7-14(19)13-20(22(25)27)26-23(28)21-17-10-4-2-8-15(17)16-9-3-5-11-18(16)21/h1-12,20-21H,13H2,(H2,25,27)(H,26,28)/t20-/m0/s1. The second-order valence-corrected chi connectivity index (χ2v) is 7.72. The molecule has 0 radical (unpaired) electrons. The van der Waals surface area contributed by atoms with Gasteiger partial charge in [-0.05, 0) is 33.9 Å². The Morgan fingerprint density at radius 2 is 1.43 bits per heavy atom. The zero-order valence-electron chi connectivity index (χ0n) is 15.1. The second kappa shape index (κ2) is 7.60. The number of amides is 2. The third-order valence-corrected chi connectivity index (χ3v) is 5.91. The van der Waals surface area contributed by atoms with E-state index in [2.05, 4.69) is 21.2 Å². The van der Waals surface area contributed by atoms with Crippen LogP contribution in [0.4, 0.5) is 0 Å². The Kier molecular flexibility index (Phi) is 5.01. The van der Waals surface area contributed by atoms with Crippen LogP contribution in [-0.2, 0) is 16.0 Å². The van der Waals surface area contributed by atoms with Gasteiger partial charge in [-0.25, -0.2) is 0 Å². The largest absolute Gasteiger partial charge is 0.368 e. The van der Waals surface area contributed by atoms with Crippen molar-refractivity contribution >= 4 is 27.7 Å². The van der Waals surface area contributed by atoms with Gasteiger partial charge in [0, 0.05) is 10.9 Å². The number of nitrogens with two attached hydrogens (primary N) is 1. The summed E-state index contributed by atoms with van der Waals surface area (Å²) in [7, 11) is 0. The molecule has 3 N–H and O–H groups in total. The fourth-order valence-electron chi connectivity index (χ4n) is 3.80. The number of rotatable bonds is 5. The summed E-state index contributed by atoms with van der Waals surface area (Å²) in [4.78, 5) is 25.3. The van der Waals surface area contributed by atoms with Crippen LogP contribution in [0.5, 0.6) is 0 Å². The first kappa shape index (κ1) is 18.4. The first-order valence-corrected chi connectivity index (χ1v) is 9.87. The molecule has 0 heterocycles. The highest BCUT2D eigenvalue weighted by molar-refractivity contribution is 9.10. The molecule has 0 bridgehead atoms. The fourth-order valence-corrected chi connectivity index (χ4v) is 4.25. The highest BCUT2D eigenvalue weighted by Crippen LogP contribution is 2.44. The van der Waals surface area contributed by atoms with Crippen molar-refractivity contribution in [1.29, 1.82) is 0 Å². The van der Waals surface area contributed by atoms with Gasteiger partial charge in [-0.1, -0.05) is 82.7 Å². The smallest absolute Gasteiger partial charge is 0.240 e. The van der Waals surface area contributed by atoms with E-state index in [0.717, 1.165) is 32.3 Å². The van der Waals surface area contributed by atoms with Gasteiger partial charge in [-0.15, -0.1) is 0 Å². The summed E-state index contributed by atoms with van der Waals surface area (Å²) in [6, 6.07) is 22.6. The molecule has 0 spiro atoms. The highest BCUT2D eigenvalue weighted by atomic mass is 79.9. The van der Waals surface area contributed by atoms with Gasteiger partial charge in [0.25, 0.3) is 0 Å². The molecule has 1 aliphatic carbocycles. The summed E-state index contributed by atoms with van der Waals surface area (Å²) >= 11 is 3.48. The number of primary amides is 1. The van der Waals surface area contributed by atoms with Crippen molar-refractivity contribution in [1.82, 2.24) is 5.32 Å². The normalized spacial score (nSPS) is 13.5. The van der Waals surface area contributed by atoms with E-state index in [0.29, 0.717) is 6.42 Å². The molecule has 2 amide bonds. The van der Waals surface area contributed by atoms with Crippen molar-refractivity contribution < 1.29 is 9.59 Å². The Morgan fingerprint density at radius 1 is 0.893 bits per heavy atom. The van der Waals surface area contributed by atoms with Gasteiger partial charge < -0.3 is 11.1 Å². The lowest BCUT2D eigenvalue weighted by Crippen LogP contribution is -2.47. The SMILES string of the molecule is NC(=O)[C@H](Cc1ccccc1Br)NC(=O)C1c2ccccc2-c2ccccc21. The van der Waals surface area contributed by atoms with E-state index in [4.69, 9.17) is 5.73 Å². The van der Waals surface area contributed by atoms with Crippen LogP contribution in [0.2, 0.25) is 0 Å². The van der Waals surface area contributed by atoms with Gasteiger partial charge >= 0.3 is 0 Å². The second-order valence-electron chi connectivity index (χ2n) is 6.87. The maximum Gasteiger partial charge on any atom is 0.240 e. The molecular weight excluding hydrogens is 416 g/mol. The van der Waals surface area contributed by atoms with E-state index in [9.17, 15) is 9.59 Å². The zero-order valence-corrected chi connectivity index (χ0v) is 16.6. The molecule has 0 unspecified atom stereocenters. The molecule has 1 atom stereocenters. The number of nitrogens with one attached hydrogen (secondary N) is 1. The number of fused-ring (bicyclic) bond motifs is 3. The summed E-state index contributed by atoms with van der Waals surface area (Å²) in [6.07, 6.45) is 0.332. The lowest BCUT2D eigenvalue weighted by Gasteiger charge is -2.20. The maximum atomic E-state index is 13.2.